The lowest BCUT2D eigenvalue weighted by Gasteiger charge is -2.29. The Morgan fingerprint density at radius 1 is 0.839 bits per heavy atom. The standard InChI is InChI=1S/C27H29N2OP/c1-2-3-6-15-26(20-23-17-16-22-21-28-19-18-27(22)29-23)31(30,24-11-7-4-8-12-24)25-13-9-5-10-14-25/h4-5,7-14,16-19,21,26H,2-3,6,15,20H2,1H3. The molecule has 0 radical (unpaired) electrons. The topological polar surface area (TPSA) is 42.9 Å². The van der Waals surface area contributed by atoms with E-state index in [1.807, 2.05) is 72.9 Å². The lowest BCUT2D eigenvalue weighted by molar-refractivity contribution is 0.559. The largest absolute Gasteiger partial charge is 0.313 e. The molecule has 2 aromatic carbocycles. The van der Waals surface area contributed by atoms with Crippen LogP contribution < -0.4 is 10.6 Å². The van der Waals surface area contributed by atoms with Crippen molar-refractivity contribution in [3.05, 3.63) is 97.0 Å². The second-order valence-electron chi connectivity index (χ2n) is 8.05. The second-order valence-corrected chi connectivity index (χ2v) is 11.1. The third-order valence-electron chi connectivity index (χ3n) is 5.93. The molecule has 3 nitrogen and oxygen atoms in total. The molecule has 158 valence electrons. The van der Waals surface area contributed by atoms with Crippen LogP contribution in [0.2, 0.25) is 0 Å². The smallest absolute Gasteiger partial charge is 0.146 e. The van der Waals surface area contributed by atoms with Gasteiger partial charge in [0, 0.05) is 39.7 Å². The highest BCUT2D eigenvalue weighted by atomic mass is 31.2. The van der Waals surface area contributed by atoms with E-state index in [1.165, 1.54) is 0 Å². The maximum absolute atomic E-state index is 14.9. The minimum absolute atomic E-state index is 0.00985. The normalized spacial score (nSPS) is 12.7. The van der Waals surface area contributed by atoms with Crippen LogP contribution in [-0.2, 0) is 11.0 Å². The molecule has 0 spiro atoms. The fraction of sp³-hybridized carbons (Fsp3) is 0.259. The fourth-order valence-electron chi connectivity index (χ4n) is 4.27. The monoisotopic (exact) mass is 428 g/mol. The molecule has 0 N–H and O–H groups in total. The van der Waals surface area contributed by atoms with E-state index in [4.69, 9.17) is 4.98 Å². The molecule has 0 aliphatic heterocycles. The summed E-state index contributed by atoms with van der Waals surface area (Å²) in [5, 5.41) is 2.91. The van der Waals surface area contributed by atoms with E-state index in [1.54, 1.807) is 6.20 Å². The van der Waals surface area contributed by atoms with Crippen molar-refractivity contribution in [1.29, 1.82) is 0 Å². The molecular weight excluding hydrogens is 399 g/mol. The second kappa shape index (κ2) is 10.0. The summed E-state index contributed by atoms with van der Waals surface area (Å²) >= 11 is 0. The van der Waals surface area contributed by atoms with Gasteiger partial charge in [-0.15, -0.1) is 0 Å². The van der Waals surface area contributed by atoms with Crippen LogP contribution in [0, 0.1) is 0 Å². The van der Waals surface area contributed by atoms with Crippen molar-refractivity contribution in [1.82, 2.24) is 9.97 Å². The van der Waals surface area contributed by atoms with E-state index in [0.29, 0.717) is 6.42 Å². The lowest BCUT2D eigenvalue weighted by atomic mass is 10.1. The first kappa shape index (κ1) is 21.5. The third-order valence-corrected chi connectivity index (χ3v) is 9.53. The summed E-state index contributed by atoms with van der Waals surface area (Å²) in [6.07, 6.45) is 8.60. The van der Waals surface area contributed by atoms with Gasteiger partial charge in [0.2, 0.25) is 0 Å². The van der Waals surface area contributed by atoms with Crippen LogP contribution in [0.3, 0.4) is 0 Å². The summed E-state index contributed by atoms with van der Waals surface area (Å²) in [6, 6.07) is 26.2. The summed E-state index contributed by atoms with van der Waals surface area (Å²) in [6.45, 7) is 2.21. The van der Waals surface area contributed by atoms with Crippen molar-refractivity contribution in [2.45, 2.75) is 44.7 Å². The molecule has 0 saturated heterocycles. The number of aromatic nitrogens is 2. The molecule has 2 heterocycles. The summed E-state index contributed by atoms with van der Waals surface area (Å²) in [5.74, 6) is 0. The zero-order chi connectivity index (χ0) is 21.5. The van der Waals surface area contributed by atoms with Crippen LogP contribution >= 0.6 is 7.14 Å². The molecule has 4 aromatic rings. The molecule has 2 aromatic heterocycles. The van der Waals surface area contributed by atoms with Gasteiger partial charge in [-0.05, 0) is 31.0 Å². The molecular formula is C27H29N2OP. The number of fused-ring (bicyclic) bond motifs is 1. The number of benzene rings is 2. The van der Waals surface area contributed by atoms with Crippen LogP contribution in [0.15, 0.2) is 91.3 Å². The van der Waals surface area contributed by atoms with E-state index < -0.39 is 7.14 Å². The van der Waals surface area contributed by atoms with Crippen LogP contribution in [0.25, 0.3) is 10.9 Å². The zero-order valence-electron chi connectivity index (χ0n) is 18.0. The minimum Gasteiger partial charge on any atom is -0.313 e. The Kier molecular flexibility index (Phi) is 6.94. The summed E-state index contributed by atoms with van der Waals surface area (Å²) in [4.78, 5) is 9.07. The number of pyridine rings is 2. The molecule has 1 unspecified atom stereocenters. The lowest BCUT2D eigenvalue weighted by Crippen LogP contribution is -2.28. The van der Waals surface area contributed by atoms with Gasteiger partial charge >= 0.3 is 0 Å². The van der Waals surface area contributed by atoms with Gasteiger partial charge in [0.05, 0.1) is 5.52 Å². The molecule has 31 heavy (non-hydrogen) atoms. The molecule has 0 aliphatic carbocycles. The van der Waals surface area contributed by atoms with Gasteiger partial charge in [0.1, 0.15) is 7.14 Å². The van der Waals surface area contributed by atoms with Gasteiger partial charge in [-0.25, -0.2) is 0 Å². The van der Waals surface area contributed by atoms with Gasteiger partial charge in [0.15, 0.2) is 0 Å². The molecule has 0 saturated carbocycles. The first-order chi connectivity index (χ1) is 15.2. The summed E-state index contributed by atoms with van der Waals surface area (Å²) in [7, 11) is -2.85. The molecule has 0 fully saturated rings. The van der Waals surface area contributed by atoms with Gasteiger partial charge in [-0.2, -0.15) is 0 Å². The van der Waals surface area contributed by atoms with Crippen LogP contribution in [0.5, 0.6) is 0 Å². The summed E-state index contributed by atoms with van der Waals surface area (Å²) in [5.41, 5.74) is 1.94. The molecule has 0 amide bonds. The Morgan fingerprint density at radius 3 is 2.16 bits per heavy atom. The van der Waals surface area contributed by atoms with E-state index in [-0.39, 0.29) is 5.66 Å². The highest BCUT2D eigenvalue weighted by molar-refractivity contribution is 7.79. The number of unbranched alkanes of at least 4 members (excludes halogenated alkanes) is 2. The van der Waals surface area contributed by atoms with E-state index in [9.17, 15) is 4.57 Å². The maximum Gasteiger partial charge on any atom is 0.146 e. The van der Waals surface area contributed by atoms with Gasteiger partial charge in [-0.3, -0.25) is 9.97 Å². The predicted octanol–water partition coefficient (Wildman–Crippen LogP) is 6.14. The van der Waals surface area contributed by atoms with Gasteiger partial charge < -0.3 is 4.57 Å². The summed E-state index contributed by atoms with van der Waals surface area (Å²) < 4.78 is 14.9. The fourth-order valence-corrected chi connectivity index (χ4v) is 7.64. The zero-order valence-corrected chi connectivity index (χ0v) is 18.9. The number of hydrogen-bond donors (Lipinski definition) is 0. The Bertz CT molecular complexity index is 1120. The van der Waals surface area contributed by atoms with Crippen molar-refractivity contribution >= 4 is 28.7 Å². The highest BCUT2D eigenvalue weighted by Gasteiger charge is 2.36. The van der Waals surface area contributed by atoms with Crippen LogP contribution in [0.4, 0.5) is 0 Å². The Morgan fingerprint density at radius 2 is 1.52 bits per heavy atom. The Labute approximate surface area is 185 Å². The van der Waals surface area contributed by atoms with Gasteiger partial charge in [-0.1, -0.05) is 86.8 Å². The number of rotatable bonds is 9. The molecule has 0 aliphatic rings. The SMILES string of the molecule is CCCCCC(Cc1ccc2cnccc2n1)P(=O)(c1ccccc1)c1ccccc1. The van der Waals surface area contributed by atoms with Crippen molar-refractivity contribution < 1.29 is 4.57 Å². The molecule has 4 rings (SSSR count). The third kappa shape index (κ3) is 4.78. The Hall–Kier alpha value is -2.77. The molecule has 4 heteroatoms. The molecule has 0 bridgehead atoms. The van der Waals surface area contributed by atoms with Crippen LogP contribution in [0.1, 0.15) is 38.3 Å². The predicted molar refractivity (Wildman–Crippen MR) is 131 cm³/mol. The maximum atomic E-state index is 14.9. The van der Waals surface area contributed by atoms with E-state index in [0.717, 1.165) is 52.9 Å². The van der Waals surface area contributed by atoms with E-state index in [2.05, 4.69) is 24.0 Å². The first-order valence-corrected chi connectivity index (χ1v) is 12.9. The Balaban J connectivity index is 1.78. The first-order valence-electron chi connectivity index (χ1n) is 11.1. The van der Waals surface area contributed by atoms with Crippen LogP contribution in [-0.4, -0.2) is 15.6 Å². The van der Waals surface area contributed by atoms with E-state index >= 15 is 0 Å². The number of nitrogens with zero attached hydrogens (tertiary/aromatic N) is 2. The number of hydrogen-bond acceptors (Lipinski definition) is 3. The van der Waals surface area contributed by atoms with Crippen molar-refractivity contribution in [2.75, 3.05) is 0 Å². The van der Waals surface area contributed by atoms with Crippen molar-refractivity contribution in [3.8, 4) is 0 Å². The van der Waals surface area contributed by atoms with Gasteiger partial charge in [0.25, 0.3) is 0 Å². The minimum atomic E-state index is -2.85. The van der Waals surface area contributed by atoms with Crippen molar-refractivity contribution in [2.24, 2.45) is 0 Å². The highest BCUT2D eigenvalue weighted by Crippen LogP contribution is 2.51. The average molecular weight is 429 g/mol. The van der Waals surface area contributed by atoms with Crippen molar-refractivity contribution in [3.63, 3.8) is 0 Å². The molecule has 1 atom stereocenters. The average Bonchev–Trinajstić information content (AvgIpc) is 2.84. The quantitative estimate of drug-likeness (QED) is 0.238.